The molecule has 0 bridgehead atoms. The number of carbonyl (C=O) groups is 1. The van der Waals surface area contributed by atoms with E-state index in [1.807, 2.05) is 29.7 Å². The number of anilines is 1. The molecule has 2 aromatic carbocycles. The first-order valence-corrected chi connectivity index (χ1v) is 13.0. The molecule has 8 nitrogen and oxygen atoms in total. The van der Waals surface area contributed by atoms with Crippen LogP contribution in [0.15, 0.2) is 59.6 Å². The van der Waals surface area contributed by atoms with Gasteiger partial charge in [-0.25, -0.2) is 0 Å². The van der Waals surface area contributed by atoms with Gasteiger partial charge in [0.2, 0.25) is 0 Å². The summed E-state index contributed by atoms with van der Waals surface area (Å²) in [6.07, 6.45) is 0.00528. The fraction of sp³-hybridized carbons (Fsp3) is 0.286. The predicted octanol–water partition coefficient (Wildman–Crippen LogP) is 4.68. The molecular weight excluding hydrogens is 486 g/mol. The Bertz CT molecular complexity index is 1440. The van der Waals surface area contributed by atoms with Gasteiger partial charge >= 0.3 is 5.97 Å². The lowest BCUT2D eigenvalue weighted by Crippen LogP contribution is -2.15. The number of aromatic nitrogens is 3. The number of rotatable bonds is 8. The van der Waals surface area contributed by atoms with E-state index in [0.29, 0.717) is 5.82 Å². The minimum absolute atomic E-state index is 0.00528. The summed E-state index contributed by atoms with van der Waals surface area (Å²) in [6.45, 7) is 6.58. The number of aliphatic imine (C=N–C) groups is 1. The molecule has 1 atom stereocenters. The molecule has 1 aliphatic heterocycles. The van der Waals surface area contributed by atoms with Crippen molar-refractivity contribution < 1.29 is 14.6 Å². The molecule has 0 saturated heterocycles. The van der Waals surface area contributed by atoms with Gasteiger partial charge in [-0.1, -0.05) is 42.5 Å². The van der Waals surface area contributed by atoms with Crippen molar-refractivity contribution in [1.82, 2.24) is 14.8 Å². The molecule has 0 radical (unpaired) electrons. The van der Waals surface area contributed by atoms with E-state index in [1.165, 1.54) is 10.4 Å². The molecule has 5 rings (SSSR count). The highest BCUT2D eigenvalue weighted by molar-refractivity contribution is 7.15. The van der Waals surface area contributed by atoms with Crippen LogP contribution in [-0.4, -0.2) is 44.8 Å². The van der Waals surface area contributed by atoms with Crippen molar-refractivity contribution in [3.63, 3.8) is 0 Å². The number of aliphatic hydroxyl groups excluding tert-OH is 1. The van der Waals surface area contributed by atoms with Crippen LogP contribution in [0.5, 0.6) is 0 Å². The Morgan fingerprint density at radius 3 is 2.57 bits per heavy atom. The third-order valence-electron chi connectivity index (χ3n) is 6.45. The van der Waals surface area contributed by atoms with E-state index in [-0.39, 0.29) is 19.6 Å². The van der Waals surface area contributed by atoms with Crippen molar-refractivity contribution >= 4 is 28.7 Å². The summed E-state index contributed by atoms with van der Waals surface area (Å²) >= 11 is 1.67. The fourth-order valence-electron chi connectivity index (χ4n) is 4.45. The number of aryl methyl sites for hydroxylation is 2. The number of aliphatic hydroxyl groups is 1. The molecule has 2 aromatic heterocycles. The van der Waals surface area contributed by atoms with Crippen molar-refractivity contribution in [2.45, 2.75) is 39.8 Å². The molecule has 3 heterocycles. The normalized spacial score (nSPS) is 14.4. The molecule has 37 heavy (non-hydrogen) atoms. The number of hydrogen-bond donors (Lipinski definition) is 2. The lowest BCUT2D eigenvalue weighted by molar-refractivity contribution is -0.145. The molecule has 0 saturated carbocycles. The predicted molar refractivity (Wildman–Crippen MR) is 145 cm³/mol. The Labute approximate surface area is 219 Å². The molecule has 0 spiro atoms. The Kier molecular flexibility index (Phi) is 7.16. The highest BCUT2D eigenvalue weighted by Gasteiger charge is 2.32. The number of nitrogens with one attached hydrogen (secondary N) is 1. The van der Waals surface area contributed by atoms with Crippen LogP contribution in [0, 0.1) is 20.8 Å². The SMILES string of the molecule is Cc1sc2c(c1C)C(c1ccc(NCc3ccccc3)cc1)=N[C@@H](CC(=O)OCCO)c1nnc(C)n1-2. The minimum atomic E-state index is -0.572. The maximum Gasteiger partial charge on any atom is 0.308 e. The van der Waals surface area contributed by atoms with Crippen LogP contribution in [-0.2, 0) is 16.1 Å². The molecule has 190 valence electrons. The zero-order valence-electron chi connectivity index (χ0n) is 21.1. The minimum Gasteiger partial charge on any atom is -0.463 e. The number of fused-ring (bicyclic) bond motifs is 3. The third kappa shape index (κ3) is 5.05. The first kappa shape index (κ1) is 24.9. The molecular formula is C28H29N5O3S. The molecule has 4 aromatic rings. The highest BCUT2D eigenvalue weighted by Crippen LogP contribution is 2.39. The van der Waals surface area contributed by atoms with Crippen LogP contribution in [0.1, 0.15) is 51.2 Å². The monoisotopic (exact) mass is 515 g/mol. The number of esters is 1. The molecule has 1 aliphatic rings. The van der Waals surface area contributed by atoms with Gasteiger partial charge in [0.25, 0.3) is 0 Å². The van der Waals surface area contributed by atoms with Gasteiger partial charge in [0.05, 0.1) is 18.7 Å². The Morgan fingerprint density at radius 2 is 1.84 bits per heavy atom. The maximum absolute atomic E-state index is 12.5. The van der Waals surface area contributed by atoms with E-state index in [0.717, 1.165) is 45.5 Å². The summed E-state index contributed by atoms with van der Waals surface area (Å²) in [6, 6.07) is 17.9. The van der Waals surface area contributed by atoms with E-state index >= 15 is 0 Å². The number of nitrogens with zero attached hydrogens (tertiary/aromatic N) is 4. The van der Waals surface area contributed by atoms with Crippen molar-refractivity contribution in [2.24, 2.45) is 4.99 Å². The molecule has 9 heteroatoms. The molecule has 0 fully saturated rings. The fourth-order valence-corrected chi connectivity index (χ4v) is 5.66. The molecule has 0 unspecified atom stereocenters. The van der Waals surface area contributed by atoms with E-state index < -0.39 is 12.0 Å². The van der Waals surface area contributed by atoms with Crippen molar-refractivity contribution in [2.75, 3.05) is 18.5 Å². The van der Waals surface area contributed by atoms with E-state index in [2.05, 4.69) is 65.8 Å². The molecule has 0 aliphatic carbocycles. The summed E-state index contributed by atoms with van der Waals surface area (Å²) in [5.41, 5.74) is 6.17. The summed E-state index contributed by atoms with van der Waals surface area (Å²) < 4.78 is 7.17. The second kappa shape index (κ2) is 10.7. The Hall–Kier alpha value is -3.82. The smallest absolute Gasteiger partial charge is 0.308 e. The van der Waals surface area contributed by atoms with Crippen LogP contribution >= 0.6 is 11.3 Å². The summed E-state index contributed by atoms with van der Waals surface area (Å²) in [5, 5.41) is 22.2. The Balaban J connectivity index is 1.53. The van der Waals surface area contributed by atoms with Crippen molar-refractivity contribution in [3.05, 3.63) is 93.4 Å². The summed E-state index contributed by atoms with van der Waals surface area (Å²) in [4.78, 5) is 18.8. The van der Waals surface area contributed by atoms with Crippen LogP contribution in [0.2, 0.25) is 0 Å². The highest BCUT2D eigenvalue weighted by atomic mass is 32.1. The van der Waals surface area contributed by atoms with Crippen LogP contribution in [0.25, 0.3) is 5.00 Å². The zero-order chi connectivity index (χ0) is 25.9. The number of ether oxygens (including phenoxy) is 1. The second-order valence-electron chi connectivity index (χ2n) is 8.96. The largest absolute Gasteiger partial charge is 0.463 e. The van der Waals surface area contributed by atoms with Crippen molar-refractivity contribution in [1.29, 1.82) is 0 Å². The lowest BCUT2D eigenvalue weighted by atomic mass is 9.99. The van der Waals surface area contributed by atoms with Gasteiger partial charge in [0, 0.05) is 28.2 Å². The molecule has 2 N–H and O–H groups in total. The zero-order valence-corrected chi connectivity index (χ0v) is 21.9. The average Bonchev–Trinajstić information content (AvgIpc) is 3.39. The summed E-state index contributed by atoms with van der Waals surface area (Å²) in [5.74, 6) is 0.910. The van der Waals surface area contributed by atoms with E-state index in [4.69, 9.17) is 14.8 Å². The van der Waals surface area contributed by atoms with Crippen LogP contribution in [0.3, 0.4) is 0 Å². The number of hydrogen-bond acceptors (Lipinski definition) is 8. The van der Waals surface area contributed by atoms with Gasteiger partial charge in [0.15, 0.2) is 5.82 Å². The van der Waals surface area contributed by atoms with Gasteiger partial charge < -0.3 is 15.2 Å². The average molecular weight is 516 g/mol. The van der Waals surface area contributed by atoms with Gasteiger partial charge in [-0.05, 0) is 44.0 Å². The van der Waals surface area contributed by atoms with Crippen LogP contribution < -0.4 is 5.32 Å². The topological polar surface area (TPSA) is 102 Å². The Morgan fingerprint density at radius 1 is 1.08 bits per heavy atom. The van der Waals surface area contributed by atoms with Gasteiger partial charge in [-0.15, -0.1) is 21.5 Å². The van der Waals surface area contributed by atoms with E-state index in [1.54, 1.807) is 11.3 Å². The third-order valence-corrected chi connectivity index (χ3v) is 7.64. The van der Waals surface area contributed by atoms with Crippen molar-refractivity contribution in [3.8, 4) is 5.00 Å². The quantitative estimate of drug-likeness (QED) is 0.330. The van der Waals surface area contributed by atoms with Crippen LogP contribution in [0.4, 0.5) is 5.69 Å². The number of thiophene rings is 1. The molecule has 0 amide bonds. The first-order valence-electron chi connectivity index (χ1n) is 12.2. The van der Waals surface area contributed by atoms with Gasteiger partial charge in [-0.2, -0.15) is 0 Å². The van der Waals surface area contributed by atoms with Gasteiger partial charge in [-0.3, -0.25) is 14.4 Å². The number of benzene rings is 2. The standard InChI is InChI=1S/C28H29N5O3S/c1-17-18(2)37-28-25(17)26(21-9-11-22(12-10-21)29-16-20-7-5-4-6-8-20)30-23(15-24(35)36-14-13-34)27-32-31-19(3)33(27)28/h4-12,23,29,34H,13-16H2,1-3H3/t23-/m0/s1. The first-order chi connectivity index (χ1) is 18.0. The van der Waals surface area contributed by atoms with E-state index in [9.17, 15) is 4.79 Å². The van der Waals surface area contributed by atoms with Gasteiger partial charge in [0.1, 0.15) is 23.5 Å². The lowest BCUT2D eigenvalue weighted by Gasteiger charge is -2.13. The summed E-state index contributed by atoms with van der Waals surface area (Å²) in [7, 11) is 0. The number of carbonyl (C=O) groups excluding carboxylic acids is 1. The second-order valence-corrected chi connectivity index (χ2v) is 10.2. The maximum atomic E-state index is 12.5.